The van der Waals surface area contributed by atoms with Gasteiger partial charge in [0.05, 0.1) is 0 Å². The molecule has 0 N–H and O–H groups in total. The monoisotopic (exact) mass is 364 g/mol. The number of ether oxygens (including phenoxy) is 2. The molecule has 3 aliphatic carbocycles. The number of rotatable bonds is 8. The summed E-state index contributed by atoms with van der Waals surface area (Å²) in [6.07, 6.45) is 16.7. The SMILES string of the molecule is CC1CCCCC1COCC1CCC(COCC2CCCCC2C)CC1. The Balaban J connectivity index is 1.22. The first-order valence-corrected chi connectivity index (χ1v) is 11.9. The van der Waals surface area contributed by atoms with Crippen molar-refractivity contribution >= 4 is 0 Å². The summed E-state index contributed by atoms with van der Waals surface area (Å²) in [5.74, 6) is 5.03. The Morgan fingerprint density at radius 1 is 0.500 bits per heavy atom. The smallest absolute Gasteiger partial charge is 0.0496 e. The van der Waals surface area contributed by atoms with Gasteiger partial charge in [0.2, 0.25) is 0 Å². The fourth-order valence-corrected chi connectivity index (χ4v) is 5.62. The second kappa shape index (κ2) is 11.1. The van der Waals surface area contributed by atoms with Crippen LogP contribution < -0.4 is 0 Å². The maximum atomic E-state index is 6.16. The van der Waals surface area contributed by atoms with Gasteiger partial charge in [-0.2, -0.15) is 0 Å². The van der Waals surface area contributed by atoms with Crippen molar-refractivity contribution < 1.29 is 9.47 Å². The summed E-state index contributed by atoms with van der Waals surface area (Å²) in [7, 11) is 0. The molecule has 3 fully saturated rings. The first-order valence-electron chi connectivity index (χ1n) is 11.9. The molecule has 3 rings (SSSR count). The van der Waals surface area contributed by atoms with Gasteiger partial charge in [-0.15, -0.1) is 0 Å². The van der Waals surface area contributed by atoms with Crippen LogP contribution in [-0.4, -0.2) is 26.4 Å². The van der Waals surface area contributed by atoms with E-state index in [1.54, 1.807) is 0 Å². The third-order valence-corrected chi connectivity index (χ3v) is 7.92. The van der Waals surface area contributed by atoms with E-state index in [9.17, 15) is 0 Å². The van der Waals surface area contributed by atoms with Gasteiger partial charge in [0.15, 0.2) is 0 Å². The minimum atomic E-state index is 0.809. The lowest BCUT2D eigenvalue weighted by atomic mass is 9.80. The Bertz CT molecular complexity index is 338. The van der Waals surface area contributed by atoms with Crippen LogP contribution >= 0.6 is 0 Å². The van der Waals surface area contributed by atoms with Crippen LogP contribution in [0.5, 0.6) is 0 Å². The maximum absolute atomic E-state index is 6.16. The molecular formula is C24H44O2. The van der Waals surface area contributed by atoms with E-state index in [0.717, 1.165) is 61.9 Å². The molecule has 3 saturated carbocycles. The Kier molecular flexibility index (Phi) is 8.78. The van der Waals surface area contributed by atoms with Crippen molar-refractivity contribution in [1.29, 1.82) is 0 Å². The molecule has 2 heteroatoms. The summed E-state index contributed by atoms with van der Waals surface area (Å²) < 4.78 is 12.3. The molecule has 0 amide bonds. The molecule has 0 aromatic rings. The summed E-state index contributed by atoms with van der Waals surface area (Å²) in [5.41, 5.74) is 0. The molecular weight excluding hydrogens is 320 g/mol. The summed E-state index contributed by atoms with van der Waals surface area (Å²) in [6, 6.07) is 0. The molecule has 0 aromatic carbocycles. The van der Waals surface area contributed by atoms with Gasteiger partial charge >= 0.3 is 0 Å². The van der Waals surface area contributed by atoms with Crippen molar-refractivity contribution in [3.63, 3.8) is 0 Å². The topological polar surface area (TPSA) is 18.5 Å². The lowest BCUT2D eigenvalue weighted by molar-refractivity contribution is 0.0118. The first-order chi connectivity index (χ1) is 12.7. The number of hydrogen-bond donors (Lipinski definition) is 0. The van der Waals surface area contributed by atoms with E-state index in [-0.39, 0.29) is 0 Å². The molecule has 4 unspecified atom stereocenters. The highest BCUT2D eigenvalue weighted by Gasteiger charge is 2.25. The molecule has 0 spiro atoms. The van der Waals surface area contributed by atoms with Crippen LogP contribution in [0.2, 0.25) is 0 Å². The van der Waals surface area contributed by atoms with Crippen molar-refractivity contribution in [3.8, 4) is 0 Å². The molecule has 3 aliphatic rings. The Morgan fingerprint density at radius 3 is 1.27 bits per heavy atom. The van der Waals surface area contributed by atoms with E-state index in [0.29, 0.717) is 0 Å². The minimum Gasteiger partial charge on any atom is -0.381 e. The van der Waals surface area contributed by atoms with E-state index in [1.807, 2.05) is 0 Å². The lowest BCUT2D eigenvalue weighted by Crippen LogP contribution is -2.26. The number of hydrogen-bond acceptors (Lipinski definition) is 2. The molecule has 0 saturated heterocycles. The molecule has 26 heavy (non-hydrogen) atoms. The predicted octanol–water partition coefficient (Wildman–Crippen LogP) is 6.48. The average molecular weight is 365 g/mol. The van der Waals surface area contributed by atoms with Crippen molar-refractivity contribution in [2.75, 3.05) is 26.4 Å². The van der Waals surface area contributed by atoms with Crippen LogP contribution in [0.3, 0.4) is 0 Å². The highest BCUT2D eigenvalue weighted by atomic mass is 16.5. The van der Waals surface area contributed by atoms with Crippen molar-refractivity contribution in [1.82, 2.24) is 0 Å². The quantitative estimate of drug-likeness (QED) is 0.491. The molecule has 0 bridgehead atoms. The third kappa shape index (κ3) is 6.51. The zero-order valence-corrected chi connectivity index (χ0v) is 17.6. The van der Waals surface area contributed by atoms with Crippen molar-refractivity contribution in [3.05, 3.63) is 0 Å². The summed E-state index contributed by atoms with van der Waals surface area (Å²) in [5, 5.41) is 0. The van der Waals surface area contributed by atoms with Crippen molar-refractivity contribution in [2.45, 2.75) is 90.9 Å². The van der Waals surface area contributed by atoms with Gasteiger partial charge in [0.25, 0.3) is 0 Å². The average Bonchev–Trinajstić information content (AvgIpc) is 2.66. The first kappa shape index (κ1) is 20.6. The minimum absolute atomic E-state index is 0.809. The Labute approximate surface area is 162 Å². The molecule has 152 valence electrons. The fraction of sp³-hybridized carbons (Fsp3) is 1.00. The lowest BCUT2D eigenvalue weighted by Gasteiger charge is -2.32. The Hall–Kier alpha value is -0.0800. The largest absolute Gasteiger partial charge is 0.381 e. The fourth-order valence-electron chi connectivity index (χ4n) is 5.62. The molecule has 0 heterocycles. The zero-order valence-electron chi connectivity index (χ0n) is 17.6. The van der Waals surface area contributed by atoms with Gasteiger partial charge < -0.3 is 9.47 Å². The van der Waals surface area contributed by atoms with Gasteiger partial charge in [0, 0.05) is 26.4 Å². The third-order valence-electron chi connectivity index (χ3n) is 7.92. The van der Waals surface area contributed by atoms with E-state index < -0.39 is 0 Å². The standard InChI is InChI=1S/C24H44O2/c1-19-7-3-5-9-23(19)17-25-15-21-11-13-22(14-12-21)16-26-18-24-10-6-4-8-20(24)2/h19-24H,3-18H2,1-2H3. The summed E-state index contributed by atoms with van der Waals surface area (Å²) >= 11 is 0. The Morgan fingerprint density at radius 2 is 0.885 bits per heavy atom. The molecule has 0 radical (unpaired) electrons. The predicted molar refractivity (Wildman–Crippen MR) is 109 cm³/mol. The van der Waals surface area contributed by atoms with E-state index >= 15 is 0 Å². The molecule has 0 aliphatic heterocycles. The molecule has 0 aromatic heterocycles. The van der Waals surface area contributed by atoms with Crippen LogP contribution in [0.4, 0.5) is 0 Å². The summed E-state index contributed by atoms with van der Waals surface area (Å²) in [6.45, 7) is 8.90. The van der Waals surface area contributed by atoms with E-state index in [4.69, 9.17) is 9.47 Å². The second-order valence-corrected chi connectivity index (χ2v) is 10.0. The zero-order chi connectivity index (χ0) is 18.2. The van der Waals surface area contributed by atoms with Crippen LogP contribution in [0.1, 0.15) is 90.9 Å². The highest BCUT2D eigenvalue weighted by molar-refractivity contribution is 4.75. The second-order valence-electron chi connectivity index (χ2n) is 10.0. The van der Waals surface area contributed by atoms with Crippen LogP contribution in [0, 0.1) is 35.5 Å². The van der Waals surface area contributed by atoms with Crippen molar-refractivity contribution in [2.24, 2.45) is 35.5 Å². The van der Waals surface area contributed by atoms with Gasteiger partial charge in [-0.3, -0.25) is 0 Å². The van der Waals surface area contributed by atoms with E-state index in [1.165, 1.54) is 77.0 Å². The van der Waals surface area contributed by atoms with Gasteiger partial charge in [-0.1, -0.05) is 52.4 Å². The normalized spacial score (nSPS) is 39.0. The van der Waals surface area contributed by atoms with Crippen LogP contribution in [0.15, 0.2) is 0 Å². The molecule has 4 atom stereocenters. The van der Waals surface area contributed by atoms with Gasteiger partial charge in [0.1, 0.15) is 0 Å². The van der Waals surface area contributed by atoms with Crippen LogP contribution in [-0.2, 0) is 9.47 Å². The molecule has 2 nitrogen and oxygen atoms in total. The van der Waals surface area contributed by atoms with Gasteiger partial charge in [-0.05, 0) is 74.0 Å². The summed E-state index contributed by atoms with van der Waals surface area (Å²) in [4.78, 5) is 0. The van der Waals surface area contributed by atoms with Gasteiger partial charge in [-0.25, -0.2) is 0 Å². The van der Waals surface area contributed by atoms with E-state index in [2.05, 4.69) is 13.8 Å². The maximum Gasteiger partial charge on any atom is 0.0496 e. The van der Waals surface area contributed by atoms with Crippen LogP contribution in [0.25, 0.3) is 0 Å². The highest BCUT2D eigenvalue weighted by Crippen LogP contribution is 2.33.